The van der Waals surface area contributed by atoms with Crippen LogP contribution in [0.2, 0.25) is 0 Å². The third-order valence-corrected chi connectivity index (χ3v) is 5.97. The van der Waals surface area contributed by atoms with Crippen molar-refractivity contribution >= 4 is 11.9 Å². The Hall–Kier alpha value is -1.10. The maximum absolute atomic E-state index is 12.2. The van der Waals surface area contributed by atoms with E-state index in [0.717, 1.165) is 19.4 Å². The van der Waals surface area contributed by atoms with Crippen LogP contribution in [0.3, 0.4) is 0 Å². The van der Waals surface area contributed by atoms with Crippen LogP contribution in [0.4, 0.5) is 0 Å². The molecule has 0 aromatic heterocycles. The number of hydrogen-bond donors (Lipinski definition) is 2. The molecule has 0 aliphatic heterocycles. The number of carboxylic acid groups (broad SMARTS) is 1. The summed E-state index contributed by atoms with van der Waals surface area (Å²) < 4.78 is 0. The van der Waals surface area contributed by atoms with Gasteiger partial charge in [0.05, 0.1) is 6.54 Å². The van der Waals surface area contributed by atoms with E-state index in [1.807, 2.05) is 0 Å². The van der Waals surface area contributed by atoms with Crippen molar-refractivity contribution in [1.29, 1.82) is 0 Å². The van der Waals surface area contributed by atoms with Crippen LogP contribution in [0, 0.1) is 11.8 Å². The molecule has 136 valence electrons. The molecule has 0 heterocycles. The van der Waals surface area contributed by atoms with Gasteiger partial charge in [-0.05, 0) is 50.4 Å². The molecule has 0 saturated heterocycles. The predicted octanol–water partition coefficient (Wildman–Crippen LogP) is 2.79. The molecule has 1 amide bonds. The highest BCUT2D eigenvalue weighted by Crippen LogP contribution is 2.34. The molecule has 3 aliphatic rings. The Labute approximate surface area is 145 Å². The Morgan fingerprint density at radius 2 is 1.62 bits per heavy atom. The zero-order valence-corrected chi connectivity index (χ0v) is 14.7. The second-order valence-electron chi connectivity index (χ2n) is 8.22. The monoisotopic (exact) mass is 336 g/mol. The number of aliphatic carboxylic acids is 1. The lowest BCUT2D eigenvalue weighted by atomic mass is 9.84. The summed E-state index contributed by atoms with van der Waals surface area (Å²) in [5.41, 5.74) is 0. The molecule has 3 aliphatic carbocycles. The first-order valence-corrected chi connectivity index (χ1v) is 9.85. The summed E-state index contributed by atoms with van der Waals surface area (Å²) in [5, 5.41) is 12.3. The Bertz CT molecular complexity index is 436. The lowest BCUT2D eigenvalue weighted by Gasteiger charge is -2.42. The van der Waals surface area contributed by atoms with Gasteiger partial charge in [-0.15, -0.1) is 0 Å². The van der Waals surface area contributed by atoms with Gasteiger partial charge >= 0.3 is 5.97 Å². The van der Waals surface area contributed by atoms with E-state index in [4.69, 9.17) is 5.11 Å². The first kappa shape index (κ1) is 17.7. The van der Waals surface area contributed by atoms with Crippen LogP contribution in [-0.2, 0) is 9.59 Å². The number of carbonyl (C=O) groups is 2. The minimum atomic E-state index is -0.739. The zero-order chi connectivity index (χ0) is 16.9. The van der Waals surface area contributed by atoms with E-state index in [1.54, 1.807) is 0 Å². The van der Waals surface area contributed by atoms with E-state index in [2.05, 4.69) is 10.2 Å². The molecule has 3 saturated carbocycles. The average molecular weight is 336 g/mol. The third kappa shape index (κ3) is 5.47. The highest BCUT2D eigenvalue weighted by atomic mass is 16.4. The standard InChI is InChI=1S/C19H32N2O3/c22-18(9-14-5-3-1-2-4-6-14)20-16-10-17(11-16)21(13-19(23)24)12-15-7-8-15/h14-17H,1-13H2,(H,20,22)(H,23,24). The number of carbonyl (C=O) groups excluding carboxylic acids is 1. The molecular formula is C19H32N2O3. The van der Waals surface area contributed by atoms with Crippen LogP contribution >= 0.6 is 0 Å². The van der Waals surface area contributed by atoms with Crippen molar-refractivity contribution in [3.05, 3.63) is 0 Å². The summed E-state index contributed by atoms with van der Waals surface area (Å²) in [6.45, 7) is 1.06. The van der Waals surface area contributed by atoms with Crippen molar-refractivity contribution < 1.29 is 14.7 Å². The van der Waals surface area contributed by atoms with Gasteiger partial charge in [0.2, 0.25) is 5.91 Å². The molecule has 5 nitrogen and oxygen atoms in total. The lowest BCUT2D eigenvalue weighted by molar-refractivity contribution is -0.140. The fraction of sp³-hybridized carbons (Fsp3) is 0.895. The van der Waals surface area contributed by atoms with Crippen molar-refractivity contribution in [2.45, 2.75) is 82.7 Å². The topological polar surface area (TPSA) is 69.6 Å². The third-order valence-electron chi connectivity index (χ3n) is 5.97. The van der Waals surface area contributed by atoms with Gasteiger partial charge in [-0.1, -0.05) is 25.7 Å². The minimum Gasteiger partial charge on any atom is -0.480 e. The van der Waals surface area contributed by atoms with Crippen LogP contribution in [0.15, 0.2) is 0 Å². The van der Waals surface area contributed by atoms with Crippen LogP contribution in [-0.4, -0.2) is 47.1 Å². The summed E-state index contributed by atoms with van der Waals surface area (Å²) in [6.07, 6.45) is 12.6. The second-order valence-corrected chi connectivity index (χ2v) is 8.22. The Kier molecular flexibility index (Phi) is 6.14. The molecule has 0 spiro atoms. The van der Waals surface area contributed by atoms with Crippen molar-refractivity contribution in [2.75, 3.05) is 13.1 Å². The maximum atomic E-state index is 12.2. The van der Waals surface area contributed by atoms with Crippen molar-refractivity contribution in [1.82, 2.24) is 10.2 Å². The van der Waals surface area contributed by atoms with Gasteiger partial charge in [0.15, 0.2) is 0 Å². The maximum Gasteiger partial charge on any atom is 0.317 e. The van der Waals surface area contributed by atoms with Gasteiger partial charge in [0.25, 0.3) is 0 Å². The van der Waals surface area contributed by atoms with E-state index in [9.17, 15) is 9.59 Å². The van der Waals surface area contributed by atoms with Crippen molar-refractivity contribution in [3.8, 4) is 0 Å². The van der Waals surface area contributed by atoms with Crippen molar-refractivity contribution in [2.24, 2.45) is 11.8 Å². The molecular weight excluding hydrogens is 304 g/mol. The highest BCUT2D eigenvalue weighted by molar-refractivity contribution is 5.76. The zero-order valence-electron chi connectivity index (χ0n) is 14.7. The highest BCUT2D eigenvalue weighted by Gasteiger charge is 2.37. The molecule has 3 fully saturated rings. The first-order chi connectivity index (χ1) is 11.6. The molecule has 0 atom stereocenters. The number of nitrogens with one attached hydrogen (secondary N) is 1. The van der Waals surface area contributed by atoms with Crippen LogP contribution < -0.4 is 5.32 Å². The molecule has 0 aromatic carbocycles. The van der Waals surface area contributed by atoms with Crippen LogP contribution in [0.25, 0.3) is 0 Å². The molecule has 24 heavy (non-hydrogen) atoms. The van der Waals surface area contributed by atoms with E-state index >= 15 is 0 Å². The molecule has 0 aromatic rings. The normalized spacial score (nSPS) is 28.2. The Balaban J connectivity index is 1.37. The minimum absolute atomic E-state index is 0.143. The number of nitrogens with zero attached hydrogens (tertiary/aromatic N) is 1. The van der Waals surface area contributed by atoms with Crippen molar-refractivity contribution in [3.63, 3.8) is 0 Å². The van der Waals surface area contributed by atoms with E-state index < -0.39 is 5.97 Å². The van der Waals surface area contributed by atoms with E-state index in [1.165, 1.54) is 51.4 Å². The number of rotatable bonds is 8. The van der Waals surface area contributed by atoms with Gasteiger partial charge in [-0.2, -0.15) is 0 Å². The number of hydrogen-bond acceptors (Lipinski definition) is 3. The molecule has 3 rings (SSSR count). The van der Waals surface area contributed by atoms with E-state index in [-0.39, 0.29) is 18.5 Å². The SMILES string of the molecule is O=C(O)CN(CC1CC1)C1CC(NC(=O)CC2CCCCCC2)C1. The fourth-order valence-corrected chi connectivity index (χ4v) is 4.27. The van der Waals surface area contributed by atoms with Gasteiger partial charge < -0.3 is 10.4 Å². The Morgan fingerprint density at radius 3 is 2.21 bits per heavy atom. The predicted molar refractivity (Wildman–Crippen MR) is 92.7 cm³/mol. The summed E-state index contributed by atoms with van der Waals surface area (Å²) in [4.78, 5) is 25.4. The summed E-state index contributed by atoms with van der Waals surface area (Å²) in [6, 6.07) is 0.591. The summed E-state index contributed by atoms with van der Waals surface area (Å²) in [7, 11) is 0. The molecule has 0 bridgehead atoms. The quantitative estimate of drug-likeness (QED) is 0.669. The molecule has 0 radical (unpaired) electrons. The average Bonchev–Trinajstić information content (AvgIpc) is 3.29. The Morgan fingerprint density at radius 1 is 0.958 bits per heavy atom. The molecule has 5 heteroatoms. The molecule has 2 N–H and O–H groups in total. The fourth-order valence-electron chi connectivity index (χ4n) is 4.27. The smallest absolute Gasteiger partial charge is 0.317 e. The molecule has 0 unspecified atom stereocenters. The largest absolute Gasteiger partial charge is 0.480 e. The summed E-state index contributed by atoms with van der Waals surface area (Å²) in [5.74, 6) is 0.740. The first-order valence-electron chi connectivity index (χ1n) is 9.85. The van der Waals surface area contributed by atoms with E-state index in [0.29, 0.717) is 24.3 Å². The van der Waals surface area contributed by atoms with Gasteiger partial charge in [-0.25, -0.2) is 0 Å². The second kappa shape index (κ2) is 8.32. The van der Waals surface area contributed by atoms with Crippen LogP contribution in [0.5, 0.6) is 0 Å². The van der Waals surface area contributed by atoms with Gasteiger partial charge in [0, 0.05) is 25.0 Å². The number of carboxylic acids is 1. The van der Waals surface area contributed by atoms with Gasteiger partial charge in [0.1, 0.15) is 0 Å². The van der Waals surface area contributed by atoms with Crippen LogP contribution in [0.1, 0.15) is 70.6 Å². The lowest BCUT2D eigenvalue weighted by Crippen LogP contribution is -2.55. The van der Waals surface area contributed by atoms with Gasteiger partial charge in [-0.3, -0.25) is 14.5 Å². The number of amides is 1. The summed E-state index contributed by atoms with van der Waals surface area (Å²) >= 11 is 0.